The van der Waals surface area contributed by atoms with Gasteiger partial charge < -0.3 is 10.6 Å². The van der Waals surface area contributed by atoms with Crippen molar-refractivity contribution in [1.82, 2.24) is 4.90 Å². The van der Waals surface area contributed by atoms with E-state index in [1.54, 1.807) is 0 Å². The summed E-state index contributed by atoms with van der Waals surface area (Å²) < 4.78 is 29.3. The van der Waals surface area contributed by atoms with Gasteiger partial charge in [0.25, 0.3) is 10.1 Å². The SMILES string of the molecule is CCCN(C)C(=O)C(N)CS(=O)(=O)O. The van der Waals surface area contributed by atoms with Crippen molar-refractivity contribution in [1.29, 1.82) is 0 Å². The molecule has 0 rings (SSSR count). The fourth-order valence-corrected chi connectivity index (χ4v) is 1.62. The molecule has 0 aliphatic rings. The maximum Gasteiger partial charge on any atom is 0.266 e. The first kappa shape index (κ1) is 13.3. The van der Waals surface area contributed by atoms with Crippen molar-refractivity contribution in [2.45, 2.75) is 19.4 Å². The molecule has 0 radical (unpaired) electrons. The third-order valence-electron chi connectivity index (χ3n) is 1.64. The quantitative estimate of drug-likeness (QED) is 0.587. The van der Waals surface area contributed by atoms with E-state index in [9.17, 15) is 13.2 Å². The molecule has 1 unspecified atom stereocenters. The first-order valence-corrected chi connectivity index (χ1v) is 5.84. The molecule has 0 aliphatic heterocycles. The molecule has 6 nitrogen and oxygen atoms in total. The van der Waals surface area contributed by atoms with Crippen LogP contribution in [0.5, 0.6) is 0 Å². The largest absolute Gasteiger partial charge is 0.344 e. The Morgan fingerprint density at radius 1 is 1.57 bits per heavy atom. The zero-order valence-corrected chi connectivity index (χ0v) is 9.12. The second-order valence-corrected chi connectivity index (χ2v) is 4.61. The molecule has 0 bridgehead atoms. The molecule has 0 heterocycles. The van der Waals surface area contributed by atoms with E-state index in [0.717, 1.165) is 6.42 Å². The molecular formula is C7H16N2O4S. The molecule has 0 saturated heterocycles. The summed E-state index contributed by atoms with van der Waals surface area (Å²) in [6, 6.07) is -1.19. The molecule has 0 spiro atoms. The van der Waals surface area contributed by atoms with E-state index in [4.69, 9.17) is 10.3 Å². The summed E-state index contributed by atoms with van der Waals surface area (Å²) >= 11 is 0. The molecule has 0 aliphatic carbocycles. The van der Waals surface area contributed by atoms with Gasteiger partial charge in [-0.15, -0.1) is 0 Å². The second kappa shape index (κ2) is 5.28. The molecule has 1 amide bonds. The zero-order valence-electron chi connectivity index (χ0n) is 8.30. The molecule has 0 aromatic carbocycles. The molecule has 14 heavy (non-hydrogen) atoms. The van der Waals surface area contributed by atoms with Crippen LogP contribution in [0, 0.1) is 0 Å². The van der Waals surface area contributed by atoms with E-state index in [1.807, 2.05) is 6.92 Å². The predicted molar refractivity (Wildman–Crippen MR) is 52.3 cm³/mol. The van der Waals surface area contributed by atoms with Crippen molar-refractivity contribution in [3.05, 3.63) is 0 Å². The fraction of sp³-hybridized carbons (Fsp3) is 0.857. The fourth-order valence-electron chi connectivity index (χ4n) is 1.03. The molecule has 7 heteroatoms. The first-order valence-electron chi connectivity index (χ1n) is 4.23. The van der Waals surface area contributed by atoms with E-state index in [1.165, 1.54) is 11.9 Å². The van der Waals surface area contributed by atoms with Gasteiger partial charge in [0.05, 0.1) is 5.75 Å². The van der Waals surface area contributed by atoms with E-state index >= 15 is 0 Å². The van der Waals surface area contributed by atoms with Crippen molar-refractivity contribution in [3.8, 4) is 0 Å². The lowest BCUT2D eigenvalue weighted by Gasteiger charge is -2.19. The Bertz CT molecular complexity index is 288. The van der Waals surface area contributed by atoms with Gasteiger partial charge in [0.2, 0.25) is 5.91 Å². The minimum Gasteiger partial charge on any atom is -0.344 e. The van der Waals surface area contributed by atoms with Crippen molar-refractivity contribution in [2.24, 2.45) is 5.73 Å². The van der Waals surface area contributed by atoms with Gasteiger partial charge in [-0.25, -0.2) is 0 Å². The van der Waals surface area contributed by atoms with E-state index in [-0.39, 0.29) is 0 Å². The lowest BCUT2D eigenvalue weighted by atomic mass is 10.3. The van der Waals surface area contributed by atoms with Crippen LogP contribution in [0.25, 0.3) is 0 Å². The Labute approximate surface area is 83.8 Å². The van der Waals surface area contributed by atoms with E-state index < -0.39 is 27.8 Å². The van der Waals surface area contributed by atoms with Crippen molar-refractivity contribution in [2.75, 3.05) is 19.3 Å². The van der Waals surface area contributed by atoms with Crippen LogP contribution in [0.15, 0.2) is 0 Å². The Morgan fingerprint density at radius 2 is 2.07 bits per heavy atom. The monoisotopic (exact) mass is 224 g/mol. The number of nitrogens with two attached hydrogens (primary N) is 1. The van der Waals surface area contributed by atoms with Crippen LogP contribution in [0.3, 0.4) is 0 Å². The number of carbonyl (C=O) groups is 1. The summed E-state index contributed by atoms with van der Waals surface area (Å²) in [6.07, 6.45) is 0.765. The second-order valence-electron chi connectivity index (χ2n) is 3.11. The highest BCUT2D eigenvalue weighted by molar-refractivity contribution is 7.85. The van der Waals surface area contributed by atoms with Crippen LogP contribution in [-0.4, -0.2) is 49.2 Å². The maximum absolute atomic E-state index is 11.3. The van der Waals surface area contributed by atoms with Gasteiger partial charge in [0.1, 0.15) is 6.04 Å². The van der Waals surface area contributed by atoms with Crippen LogP contribution in [-0.2, 0) is 14.9 Å². The number of nitrogens with zero attached hydrogens (tertiary/aromatic N) is 1. The Hall–Kier alpha value is -0.660. The minimum absolute atomic E-state index is 0.482. The number of amides is 1. The van der Waals surface area contributed by atoms with Gasteiger partial charge in [-0.1, -0.05) is 6.92 Å². The zero-order chi connectivity index (χ0) is 11.4. The molecule has 1 atom stereocenters. The summed E-state index contributed by atoms with van der Waals surface area (Å²) in [7, 11) is -2.65. The molecular weight excluding hydrogens is 208 g/mol. The molecule has 0 aromatic heterocycles. The summed E-state index contributed by atoms with van der Waals surface area (Å²) in [5, 5.41) is 0. The standard InChI is InChI=1S/C7H16N2O4S/c1-3-4-9(2)7(10)6(8)5-14(11,12)13/h6H,3-5,8H2,1-2H3,(H,11,12,13). The topological polar surface area (TPSA) is 101 Å². The van der Waals surface area contributed by atoms with Gasteiger partial charge in [0.15, 0.2) is 0 Å². The highest BCUT2D eigenvalue weighted by Gasteiger charge is 2.22. The summed E-state index contributed by atoms with van der Waals surface area (Å²) in [5.41, 5.74) is 5.30. The average Bonchev–Trinajstić information content (AvgIpc) is 2.00. The lowest BCUT2D eigenvalue weighted by molar-refractivity contribution is -0.130. The van der Waals surface area contributed by atoms with Crippen LogP contribution in [0.2, 0.25) is 0 Å². The minimum atomic E-state index is -4.19. The summed E-state index contributed by atoms with van der Waals surface area (Å²) in [4.78, 5) is 12.7. The third kappa shape index (κ3) is 5.15. The van der Waals surface area contributed by atoms with Crippen LogP contribution in [0.1, 0.15) is 13.3 Å². The normalized spacial score (nSPS) is 13.7. The molecule has 84 valence electrons. The van der Waals surface area contributed by atoms with Crippen LogP contribution < -0.4 is 5.73 Å². The first-order chi connectivity index (χ1) is 6.28. The van der Waals surface area contributed by atoms with Crippen LogP contribution in [0.4, 0.5) is 0 Å². The van der Waals surface area contributed by atoms with E-state index in [0.29, 0.717) is 6.54 Å². The molecule has 0 aromatic rings. The molecule has 0 saturated carbocycles. The molecule has 0 fully saturated rings. The Kier molecular flexibility index (Phi) is 5.03. The van der Waals surface area contributed by atoms with Gasteiger partial charge in [0, 0.05) is 13.6 Å². The van der Waals surface area contributed by atoms with Gasteiger partial charge in [-0.3, -0.25) is 9.35 Å². The number of carbonyl (C=O) groups excluding carboxylic acids is 1. The average molecular weight is 224 g/mol. The van der Waals surface area contributed by atoms with Crippen molar-refractivity contribution >= 4 is 16.0 Å². The smallest absolute Gasteiger partial charge is 0.266 e. The summed E-state index contributed by atoms with van der Waals surface area (Å²) in [6.45, 7) is 2.40. The van der Waals surface area contributed by atoms with Gasteiger partial charge >= 0.3 is 0 Å². The van der Waals surface area contributed by atoms with Gasteiger partial charge in [-0.05, 0) is 6.42 Å². The summed E-state index contributed by atoms with van der Waals surface area (Å²) in [5.74, 6) is -1.22. The van der Waals surface area contributed by atoms with Gasteiger partial charge in [-0.2, -0.15) is 8.42 Å². The Morgan fingerprint density at radius 3 is 2.43 bits per heavy atom. The lowest BCUT2D eigenvalue weighted by Crippen LogP contribution is -2.45. The number of hydrogen-bond donors (Lipinski definition) is 2. The number of likely N-dealkylation sites (N-methyl/N-ethyl adjacent to an activating group) is 1. The number of rotatable bonds is 5. The third-order valence-corrected chi connectivity index (χ3v) is 2.42. The van der Waals surface area contributed by atoms with Crippen LogP contribution >= 0.6 is 0 Å². The number of hydrogen-bond acceptors (Lipinski definition) is 4. The molecule has 3 N–H and O–H groups in total. The maximum atomic E-state index is 11.3. The highest BCUT2D eigenvalue weighted by atomic mass is 32.2. The van der Waals surface area contributed by atoms with Crippen molar-refractivity contribution in [3.63, 3.8) is 0 Å². The highest BCUT2D eigenvalue weighted by Crippen LogP contribution is 1.95. The van der Waals surface area contributed by atoms with Crippen molar-refractivity contribution < 1.29 is 17.8 Å². The predicted octanol–water partition coefficient (Wildman–Crippen LogP) is -0.930. The Balaban J connectivity index is 4.26. The van der Waals surface area contributed by atoms with E-state index in [2.05, 4.69) is 0 Å².